The second-order valence-corrected chi connectivity index (χ2v) is 7.72. The van der Waals surface area contributed by atoms with Gasteiger partial charge in [0, 0.05) is 24.0 Å². The summed E-state index contributed by atoms with van der Waals surface area (Å²) in [4.78, 5) is 38.2. The molecule has 4 amide bonds. The number of hydrogen-bond acceptors (Lipinski definition) is 4. The Balaban J connectivity index is 1.63. The van der Waals surface area contributed by atoms with Crippen molar-refractivity contribution in [2.45, 2.75) is 64.6 Å². The maximum atomic E-state index is 12.6. The number of nitrogens with zero attached hydrogens (tertiary/aromatic N) is 1. The molecule has 24 heavy (non-hydrogen) atoms. The van der Waals surface area contributed by atoms with E-state index in [1.165, 1.54) is 0 Å². The number of ether oxygens (including phenoxy) is 1. The van der Waals surface area contributed by atoms with Gasteiger partial charge < -0.3 is 15.4 Å². The van der Waals surface area contributed by atoms with E-state index >= 15 is 0 Å². The molecule has 134 valence electrons. The van der Waals surface area contributed by atoms with Crippen LogP contribution in [0, 0.1) is 11.3 Å². The smallest absolute Gasteiger partial charge is 0.325 e. The van der Waals surface area contributed by atoms with Gasteiger partial charge in [-0.15, -0.1) is 0 Å². The number of rotatable bonds is 5. The largest absolute Gasteiger partial charge is 0.377 e. The van der Waals surface area contributed by atoms with Crippen molar-refractivity contribution in [3.63, 3.8) is 0 Å². The zero-order valence-corrected chi connectivity index (χ0v) is 14.8. The zero-order chi connectivity index (χ0) is 17.7. The van der Waals surface area contributed by atoms with Gasteiger partial charge in [0.05, 0.1) is 6.10 Å². The monoisotopic (exact) mass is 337 g/mol. The molecule has 0 radical (unpaired) electrons. The maximum Gasteiger partial charge on any atom is 0.325 e. The van der Waals surface area contributed by atoms with Crippen LogP contribution in [-0.2, 0) is 14.3 Å². The van der Waals surface area contributed by atoms with Crippen molar-refractivity contribution in [3.8, 4) is 0 Å². The van der Waals surface area contributed by atoms with Crippen molar-refractivity contribution in [2.24, 2.45) is 11.3 Å². The summed E-state index contributed by atoms with van der Waals surface area (Å²) in [6.07, 6.45) is 2.16. The predicted octanol–water partition coefficient (Wildman–Crippen LogP) is 1.03. The quantitative estimate of drug-likeness (QED) is 0.734. The normalized spacial score (nSPS) is 33.0. The molecule has 0 aromatic rings. The van der Waals surface area contributed by atoms with E-state index in [1.807, 2.05) is 13.8 Å². The number of fused-ring (bicyclic) bond motifs is 1. The summed E-state index contributed by atoms with van der Waals surface area (Å²) < 4.78 is 5.72. The van der Waals surface area contributed by atoms with E-state index in [1.54, 1.807) is 0 Å². The third kappa shape index (κ3) is 2.32. The van der Waals surface area contributed by atoms with Gasteiger partial charge in [-0.05, 0) is 19.3 Å². The molecule has 0 aromatic carbocycles. The number of nitrogens with one attached hydrogen (secondary N) is 2. The van der Waals surface area contributed by atoms with Crippen LogP contribution in [0.25, 0.3) is 0 Å². The predicted molar refractivity (Wildman–Crippen MR) is 87.1 cm³/mol. The highest BCUT2D eigenvalue weighted by Crippen LogP contribution is 2.52. The summed E-state index contributed by atoms with van der Waals surface area (Å²) in [5, 5.41) is 5.76. The molecular weight excluding hydrogens is 310 g/mol. The molecule has 7 heteroatoms. The molecule has 2 N–H and O–H groups in total. The number of carbonyl (C=O) groups is 3. The van der Waals surface area contributed by atoms with Gasteiger partial charge in [0.15, 0.2) is 0 Å². The average Bonchev–Trinajstić information content (AvgIpc) is 3.10. The molecule has 0 aromatic heterocycles. The van der Waals surface area contributed by atoms with Crippen molar-refractivity contribution < 1.29 is 19.1 Å². The molecule has 3 rings (SSSR count). The van der Waals surface area contributed by atoms with Crippen molar-refractivity contribution >= 4 is 17.8 Å². The second-order valence-electron chi connectivity index (χ2n) is 7.72. The minimum absolute atomic E-state index is 0.0281. The van der Waals surface area contributed by atoms with Gasteiger partial charge in [0.2, 0.25) is 5.91 Å². The highest BCUT2D eigenvalue weighted by molar-refractivity contribution is 6.09. The van der Waals surface area contributed by atoms with E-state index in [-0.39, 0.29) is 35.9 Å². The van der Waals surface area contributed by atoms with Gasteiger partial charge in [0.25, 0.3) is 5.91 Å². The summed E-state index contributed by atoms with van der Waals surface area (Å²) in [6, 6.07) is -0.450. The van der Waals surface area contributed by atoms with Crippen molar-refractivity contribution in [1.82, 2.24) is 15.5 Å². The van der Waals surface area contributed by atoms with Crippen LogP contribution in [0.5, 0.6) is 0 Å². The molecule has 2 heterocycles. The molecule has 2 aliphatic heterocycles. The summed E-state index contributed by atoms with van der Waals surface area (Å²) in [7, 11) is 0. The lowest BCUT2D eigenvalue weighted by Gasteiger charge is -2.54. The van der Waals surface area contributed by atoms with Crippen LogP contribution in [-0.4, -0.2) is 53.6 Å². The molecule has 0 spiro atoms. The van der Waals surface area contributed by atoms with E-state index in [0.29, 0.717) is 18.8 Å². The molecule has 3 atom stereocenters. The molecule has 2 saturated heterocycles. The van der Waals surface area contributed by atoms with E-state index in [2.05, 4.69) is 24.5 Å². The molecule has 3 fully saturated rings. The molecule has 3 aliphatic rings. The Hall–Kier alpha value is -1.63. The van der Waals surface area contributed by atoms with Gasteiger partial charge in [-0.2, -0.15) is 0 Å². The second kappa shape index (κ2) is 5.72. The Morgan fingerprint density at radius 3 is 2.58 bits per heavy atom. The fraction of sp³-hybridized carbons (Fsp3) is 0.824. The topological polar surface area (TPSA) is 87.7 Å². The first kappa shape index (κ1) is 17.2. The highest BCUT2D eigenvalue weighted by atomic mass is 16.5. The summed E-state index contributed by atoms with van der Waals surface area (Å²) in [5.74, 6) is -0.259. The minimum Gasteiger partial charge on any atom is -0.377 e. The summed E-state index contributed by atoms with van der Waals surface area (Å²) >= 11 is 0. The standard InChI is InChI=1S/C17H27N3O4/c1-5-17(6-2)14(22)20(15(23)19-17)9-11(21)18-12-10-7-8-24-13(10)16(12,3)4/h10,12-13H,5-9H2,1-4H3,(H,18,21)(H,19,23)/t10-,12+,13-/m0/s1. The Labute approximate surface area is 142 Å². The number of urea groups is 1. The molecule has 0 unspecified atom stereocenters. The fourth-order valence-corrected chi connectivity index (χ4v) is 4.53. The molecule has 7 nitrogen and oxygen atoms in total. The average molecular weight is 337 g/mol. The minimum atomic E-state index is -0.864. The van der Waals surface area contributed by atoms with Crippen LogP contribution in [0.15, 0.2) is 0 Å². The van der Waals surface area contributed by atoms with Gasteiger partial charge in [-0.1, -0.05) is 27.7 Å². The third-order valence-electron chi connectivity index (χ3n) is 6.17. The van der Waals surface area contributed by atoms with Crippen LogP contribution in [0.4, 0.5) is 4.79 Å². The lowest BCUT2D eigenvalue weighted by Crippen LogP contribution is -2.67. The van der Waals surface area contributed by atoms with Gasteiger partial charge in [0.1, 0.15) is 12.1 Å². The van der Waals surface area contributed by atoms with Crippen LogP contribution in [0.1, 0.15) is 47.0 Å². The lowest BCUT2D eigenvalue weighted by atomic mass is 9.57. The first-order chi connectivity index (χ1) is 11.3. The first-order valence-electron chi connectivity index (χ1n) is 8.82. The Morgan fingerprint density at radius 1 is 1.33 bits per heavy atom. The zero-order valence-electron chi connectivity index (χ0n) is 14.8. The number of imide groups is 1. The fourth-order valence-electron chi connectivity index (χ4n) is 4.53. The Morgan fingerprint density at radius 2 is 2.00 bits per heavy atom. The van der Waals surface area contributed by atoms with Gasteiger partial charge in [-0.3, -0.25) is 14.5 Å². The molecule has 0 bridgehead atoms. The van der Waals surface area contributed by atoms with Gasteiger partial charge in [-0.25, -0.2) is 4.79 Å². The SMILES string of the molecule is CCC1(CC)NC(=O)N(CC(=O)N[C@@H]2[C@@H]3CCO[C@@H]3C2(C)C)C1=O. The summed E-state index contributed by atoms with van der Waals surface area (Å²) in [6.45, 7) is 8.39. The van der Waals surface area contributed by atoms with Crippen LogP contribution in [0.3, 0.4) is 0 Å². The summed E-state index contributed by atoms with van der Waals surface area (Å²) in [5.41, 5.74) is -0.984. The Bertz CT molecular complexity index is 570. The maximum absolute atomic E-state index is 12.6. The third-order valence-corrected chi connectivity index (χ3v) is 6.17. The number of hydrogen-bond donors (Lipinski definition) is 2. The molecular formula is C17H27N3O4. The van der Waals surface area contributed by atoms with Crippen molar-refractivity contribution in [2.75, 3.05) is 13.2 Å². The molecule has 1 saturated carbocycles. The van der Waals surface area contributed by atoms with Crippen LogP contribution >= 0.6 is 0 Å². The molecule has 1 aliphatic carbocycles. The van der Waals surface area contributed by atoms with E-state index in [4.69, 9.17) is 4.74 Å². The lowest BCUT2D eigenvalue weighted by molar-refractivity contribution is -0.142. The van der Waals surface area contributed by atoms with Crippen molar-refractivity contribution in [3.05, 3.63) is 0 Å². The van der Waals surface area contributed by atoms with Crippen molar-refractivity contribution in [1.29, 1.82) is 0 Å². The van der Waals surface area contributed by atoms with E-state index in [9.17, 15) is 14.4 Å². The first-order valence-corrected chi connectivity index (χ1v) is 8.82. The number of carbonyl (C=O) groups excluding carboxylic acids is 3. The number of amides is 4. The van der Waals surface area contributed by atoms with E-state index in [0.717, 1.165) is 17.9 Å². The van der Waals surface area contributed by atoms with Crippen LogP contribution in [0.2, 0.25) is 0 Å². The van der Waals surface area contributed by atoms with Gasteiger partial charge >= 0.3 is 6.03 Å². The highest BCUT2D eigenvalue weighted by Gasteiger charge is 2.60. The Kier molecular flexibility index (Phi) is 4.10. The van der Waals surface area contributed by atoms with E-state index < -0.39 is 11.6 Å². The van der Waals surface area contributed by atoms with Crippen LogP contribution < -0.4 is 10.6 Å².